The number of halogens is 3. The first kappa shape index (κ1) is 19.6. The molecule has 5 nitrogen and oxygen atoms in total. The molecule has 1 aliphatic heterocycles. The van der Waals surface area contributed by atoms with Crippen LogP contribution in [0.15, 0.2) is 36.7 Å². The lowest BCUT2D eigenvalue weighted by Gasteiger charge is -2.27. The Hall–Kier alpha value is -2.74. The molecule has 0 spiro atoms. The van der Waals surface area contributed by atoms with Gasteiger partial charge in [-0.3, -0.25) is 9.58 Å². The van der Waals surface area contributed by atoms with Crippen LogP contribution in [0.5, 0.6) is 0 Å². The zero-order valence-electron chi connectivity index (χ0n) is 16.4. The van der Waals surface area contributed by atoms with Gasteiger partial charge in [-0.25, -0.2) is 9.97 Å². The molecule has 0 bridgehead atoms. The highest BCUT2D eigenvalue weighted by Crippen LogP contribution is 2.30. The Labute approximate surface area is 167 Å². The Morgan fingerprint density at radius 2 is 1.90 bits per heavy atom. The van der Waals surface area contributed by atoms with Gasteiger partial charge in [0.15, 0.2) is 5.82 Å². The smallest absolute Gasteiger partial charge is 0.294 e. The summed E-state index contributed by atoms with van der Waals surface area (Å²) < 4.78 is 40.2. The molecule has 8 heteroatoms. The van der Waals surface area contributed by atoms with E-state index in [1.54, 1.807) is 6.20 Å². The summed E-state index contributed by atoms with van der Waals surface area (Å²) >= 11 is 0. The van der Waals surface area contributed by atoms with E-state index in [-0.39, 0.29) is 0 Å². The second kappa shape index (κ2) is 7.59. The third-order valence-electron chi connectivity index (χ3n) is 5.25. The van der Waals surface area contributed by atoms with E-state index >= 15 is 0 Å². The van der Waals surface area contributed by atoms with Crippen LogP contribution >= 0.6 is 0 Å². The zero-order valence-corrected chi connectivity index (χ0v) is 16.4. The lowest BCUT2D eigenvalue weighted by Crippen LogP contribution is -2.31. The number of alkyl halides is 3. The van der Waals surface area contributed by atoms with Crippen LogP contribution in [0.4, 0.5) is 13.2 Å². The highest BCUT2D eigenvalue weighted by molar-refractivity contribution is 5.56. The van der Waals surface area contributed by atoms with Crippen molar-refractivity contribution in [1.29, 1.82) is 0 Å². The fraction of sp³-hybridized carbons (Fsp3) is 0.381. The third-order valence-corrected chi connectivity index (χ3v) is 5.25. The van der Waals surface area contributed by atoms with Gasteiger partial charge in [0, 0.05) is 61.7 Å². The molecule has 4 rings (SSSR count). The van der Waals surface area contributed by atoms with Crippen LogP contribution in [-0.4, -0.2) is 31.2 Å². The van der Waals surface area contributed by atoms with E-state index in [0.717, 1.165) is 61.7 Å². The summed E-state index contributed by atoms with van der Waals surface area (Å²) in [6, 6.07) is 4.99. The van der Waals surface area contributed by atoms with Crippen LogP contribution < -0.4 is 0 Å². The number of benzene rings is 1. The molecule has 1 aliphatic rings. The number of aromatic nitrogens is 4. The second-order valence-electron chi connectivity index (χ2n) is 7.30. The van der Waals surface area contributed by atoms with Crippen molar-refractivity contribution in [3.63, 3.8) is 0 Å². The first-order chi connectivity index (χ1) is 13.8. The summed E-state index contributed by atoms with van der Waals surface area (Å²) in [5, 5.41) is 4.50. The maximum absolute atomic E-state index is 12.7. The van der Waals surface area contributed by atoms with Crippen molar-refractivity contribution in [3.8, 4) is 11.4 Å². The predicted octanol–water partition coefficient (Wildman–Crippen LogP) is 4.25. The van der Waals surface area contributed by atoms with E-state index in [1.165, 1.54) is 17.7 Å². The zero-order chi connectivity index (χ0) is 20.6. The minimum Gasteiger partial charge on any atom is -0.294 e. The van der Waals surface area contributed by atoms with E-state index in [1.807, 2.05) is 11.6 Å². The largest absolute Gasteiger partial charge is 0.416 e. The summed E-state index contributed by atoms with van der Waals surface area (Å²) in [7, 11) is 0. The average Bonchev–Trinajstić information content (AvgIpc) is 3.06. The van der Waals surface area contributed by atoms with Gasteiger partial charge in [0.25, 0.3) is 0 Å². The minimum atomic E-state index is -4.34. The van der Waals surface area contributed by atoms with Gasteiger partial charge in [-0.05, 0) is 26.0 Å². The van der Waals surface area contributed by atoms with Gasteiger partial charge < -0.3 is 0 Å². The SMILES string of the molecule is CCn1cc(CN2CCc3nc(-c4ccc(C(F)(F)F)cc4)ncc3C2)c(C)n1. The summed E-state index contributed by atoms with van der Waals surface area (Å²) in [4.78, 5) is 11.4. The molecule has 3 aromatic rings. The van der Waals surface area contributed by atoms with Crippen LogP contribution in [0, 0.1) is 6.92 Å². The van der Waals surface area contributed by atoms with E-state index in [4.69, 9.17) is 0 Å². The highest BCUT2D eigenvalue weighted by atomic mass is 19.4. The fourth-order valence-electron chi connectivity index (χ4n) is 3.57. The molecule has 1 aromatic carbocycles. The molecule has 152 valence electrons. The summed E-state index contributed by atoms with van der Waals surface area (Å²) in [6.45, 7) is 7.39. The summed E-state index contributed by atoms with van der Waals surface area (Å²) in [5.74, 6) is 0.464. The van der Waals surface area contributed by atoms with E-state index in [2.05, 4.69) is 33.1 Å². The Bertz CT molecular complexity index is 1010. The lowest BCUT2D eigenvalue weighted by atomic mass is 10.1. The maximum Gasteiger partial charge on any atom is 0.416 e. The van der Waals surface area contributed by atoms with Gasteiger partial charge in [0.05, 0.1) is 17.0 Å². The number of aryl methyl sites for hydroxylation is 2. The first-order valence-corrected chi connectivity index (χ1v) is 9.61. The predicted molar refractivity (Wildman–Crippen MR) is 103 cm³/mol. The quantitative estimate of drug-likeness (QED) is 0.656. The topological polar surface area (TPSA) is 46.8 Å². The Balaban J connectivity index is 1.49. The van der Waals surface area contributed by atoms with Crippen LogP contribution in [0.25, 0.3) is 11.4 Å². The molecule has 2 aromatic heterocycles. The summed E-state index contributed by atoms with van der Waals surface area (Å²) in [5.41, 5.74) is 4.21. The normalized spacial score (nSPS) is 14.8. The molecular formula is C21H22F3N5. The van der Waals surface area contributed by atoms with Crippen LogP contribution in [0.3, 0.4) is 0 Å². The molecule has 0 atom stereocenters. The van der Waals surface area contributed by atoms with Crippen LogP contribution in [0.2, 0.25) is 0 Å². The monoisotopic (exact) mass is 401 g/mol. The summed E-state index contributed by atoms with van der Waals surface area (Å²) in [6.07, 6.45) is 0.329. The van der Waals surface area contributed by atoms with Crippen molar-refractivity contribution >= 4 is 0 Å². The third kappa shape index (κ3) is 4.17. The number of hydrogen-bond donors (Lipinski definition) is 0. The number of nitrogens with zero attached hydrogens (tertiary/aromatic N) is 5. The van der Waals surface area contributed by atoms with Gasteiger partial charge >= 0.3 is 6.18 Å². The van der Waals surface area contributed by atoms with Gasteiger partial charge in [-0.1, -0.05) is 12.1 Å². The van der Waals surface area contributed by atoms with Crippen molar-refractivity contribution in [2.24, 2.45) is 0 Å². The first-order valence-electron chi connectivity index (χ1n) is 9.61. The number of hydrogen-bond acceptors (Lipinski definition) is 4. The van der Waals surface area contributed by atoms with Crippen molar-refractivity contribution < 1.29 is 13.2 Å². The molecule has 0 radical (unpaired) electrons. The fourth-order valence-corrected chi connectivity index (χ4v) is 3.57. The van der Waals surface area contributed by atoms with Gasteiger partial charge in [0.2, 0.25) is 0 Å². The van der Waals surface area contributed by atoms with Crippen molar-refractivity contribution in [2.75, 3.05) is 6.54 Å². The van der Waals surface area contributed by atoms with Gasteiger partial charge in [-0.15, -0.1) is 0 Å². The highest BCUT2D eigenvalue weighted by Gasteiger charge is 2.30. The molecule has 0 fully saturated rings. The van der Waals surface area contributed by atoms with E-state index < -0.39 is 11.7 Å². The van der Waals surface area contributed by atoms with E-state index in [0.29, 0.717) is 11.4 Å². The minimum absolute atomic E-state index is 0.464. The standard InChI is InChI=1S/C21H22F3N5/c1-3-29-13-17(14(2)27-29)12-28-9-8-19-16(11-28)10-25-20(26-19)15-4-6-18(7-5-15)21(22,23)24/h4-7,10,13H,3,8-9,11-12H2,1-2H3. The molecule has 29 heavy (non-hydrogen) atoms. The van der Waals surface area contributed by atoms with E-state index in [9.17, 15) is 13.2 Å². The second-order valence-corrected chi connectivity index (χ2v) is 7.30. The molecule has 0 saturated carbocycles. The molecular weight excluding hydrogens is 379 g/mol. The van der Waals surface area contributed by atoms with Gasteiger partial charge in [-0.2, -0.15) is 18.3 Å². The number of fused-ring (bicyclic) bond motifs is 1. The van der Waals surface area contributed by atoms with Gasteiger partial charge in [0.1, 0.15) is 0 Å². The average molecular weight is 401 g/mol. The molecule has 0 amide bonds. The number of rotatable bonds is 4. The molecule has 0 N–H and O–H groups in total. The van der Waals surface area contributed by atoms with Crippen molar-refractivity contribution in [3.05, 3.63) is 64.7 Å². The lowest BCUT2D eigenvalue weighted by molar-refractivity contribution is -0.137. The molecule has 3 heterocycles. The van der Waals surface area contributed by atoms with Crippen LogP contribution in [-0.2, 0) is 32.2 Å². The van der Waals surface area contributed by atoms with Crippen molar-refractivity contribution in [2.45, 2.75) is 46.1 Å². The molecule has 0 unspecified atom stereocenters. The Kier molecular flexibility index (Phi) is 5.12. The Morgan fingerprint density at radius 3 is 2.55 bits per heavy atom. The Morgan fingerprint density at radius 1 is 1.14 bits per heavy atom. The molecule has 0 saturated heterocycles. The maximum atomic E-state index is 12.7. The molecule has 0 aliphatic carbocycles. The van der Waals surface area contributed by atoms with Crippen LogP contribution in [0.1, 0.15) is 35.0 Å². The van der Waals surface area contributed by atoms with Crippen molar-refractivity contribution in [1.82, 2.24) is 24.6 Å².